The maximum atomic E-state index is 13.3. The summed E-state index contributed by atoms with van der Waals surface area (Å²) in [7, 11) is 0. The number of anilines is 1. The summed E-state index contributed by atoms with van der Waals surface area (Å²) in [6.45, 7) is 1.95. The van der Waals surface area contributed by atoms with Crippen molar-refractivity contribution in [1.29, 1.82) is 0 Å². The van der Waals surface area contributed by atoms with Crippen LogP contribution in [0.2, 0.25) is 0 Å². The Balaban J connectivity index is 2.32. The molecule has 90 valence electrons. The standard InChI is InChI=1S/C15H12FNO/c1-9-3-2-4-13-12-6-5-11(16)7-10(12)8-14(18)17-15(9)13/h2-7H,8H2,1H3,(H,17,18). The monoisotopic (exact) mass is 241 g/mol. The molecule has 1 aliphatic rings. The molecule has 2 aromatic carbocycles. The third-order valence-electron chi connectivity index (χ3n) is 3.25. The van der Waals surface area contributed by atoms with Gasteiger partial charge in [0.05, 0.1) is 12.1 Å². The third kappa shape index (κ3) is 1.68. The molecule has 0 unspecified atom stereocenters. The first-order valence-electron chi connectivity index (χ1n) is 5.83. The number of halogens is 1. The minimum atomic E-state index is -0.308. The highest BCUT2D eigenvalue weighted by Crippen LogP contribution is 2.35. The molecule has 0 fully saturated rings. The average molecular weight is 241 g/mol. The number of carbonyl (C=O) groups excluding carboxylic acids is 1. The molecule has 0 aliphatic carbocycles. The summed E-state index contributed by atoms with van der Waals surface area (Å²) in [4.78, 5) is 11.8. The Kier molecular flexibility index (Phi) is 2.40. The molecule has 0 spiro atoms. The molecule has 3 rings (SSSR count). The zero-order valence-electron chi connectivity index (χ0n) is 9.96. The Morgan fingerprint density at radius 1 is 1.17 bits per heavy atom. The normalized spacial score (nSPS) is 13.3. The van der Waals surface area contributed by atoms with Crippen LogP contribution in [0.5, 0.6) is 0 Å². The molecule has 0 bridgehead atoms. The largest absolute Gasteiger partial charge is 0.325 e. The maximum absolute atomic E-state index is 13.3. The van der Waals surface area contributed by atoms with Gasteiger partial charge in [-0.1, -0.05) is 24.3 Å². The van der Waals surface area contributed by atoms with Gasteiger partial charge >= 0.3 is 0 Å². The number of fused-ring (bicyclic) bond motifs is 3. The van der Waals surface area contributed by atoms with E-state index in [-0.39, 0.29) is 18.1 Å². The van der Waals surface area contributed by atoms with Gasteiger partial charge in [0, 0.05) is 5.56 Å². The number of benzene rings is 2. The summed E-state index contributed by atoms with van der Waals surface area (Å²) < 4.78 is 13.3. The van der Waals surface area contributed by atoms with Crippen molar-refractivity contribution in [2.24, 2.45) is 0 Å². The summed E-state index contributed by atoms with van der Waals surface area (Å²) in [5, 5.41) is 2.90. The Morgan fingerprint density at radius 2 is 2.00 bits per heavy atom. The fourth-order valence-electron chi connectivity index (χ4n) is 2.39. The second kappa shape index (κ2) is 3.95. The SMILES string of the molecule is Cc1cccc2c1NC(=O)Cc1cc(F)ccc1-2. The van der Waals surface area contributed by atoms with Crippen molar-refractivity contribution in [2.45, 2.75) is 13.3 Å². The van der Waals surface area contributed by atoms with Gasteiger partial charge in [-0.05, 0) is 35.7 Å². The smallest absolute Gasteiger partial charge is 0.228 e. The van der Waals surface area contributed by atoms with E-state index in [4.69, 9.17) is 0 Å². The van der Waals surface area contributed by atoms with E-state index in [0.29, 0.717) is 0 Å². The molecule has 1 heterocycles. The minimum absolute atomic E-state index is 0.102. The van der Waals surface area contributed by atoms with E-state index in [1.165, 1.54) is 12.1 Å². The number of aryl methyl sites for hydroxylation is 1. The second-order valence-electron chi connectivity index (χ2n) is 4.52. The molecular formula is C15H12FNO. The Labute approximate surface area is 104 Å². The van der Waals surface area contributed by atoms with Crippen molar-refractivity contribution in [2.75, 3.05) is 5.32 Å². The first kappa shape index (κ1) is 11.0. The summed E-state index contributed by atoms with van der Waals surface area (Å²) in [5.41, 5.74) is 4.45. The first-order chi connectivity index (χ1) is 8.65. The lowest BCUT2D eigenvalue weighted by Gasteiger charge is -2.11. The van der Waals surface area contributed by atoms with Crippen LogP contribution in [0, 0.1) is 12.7 Å². The molecule has 18 heavy (non-hydrogen) atoms. The maximum Gasteiger partial charge on any atom is 0.228 e. The zero-order chi connectivity index (χ0) is 12.7. The lowest BCUT2D eigenvalue weighted by molar-refractivity contribution is -0.115. The van der Waals surface area contributed by atoms with Crippen molar-refractivity contribution < 1.29 is 9.18 Å². The first-order valence-corrected chi connectivity index (χ1v) is 5.83. The van der Waals surface area contributed by atoms with Gasteiger partial charge < -0.3 is 5.32 Å². The third-order valence-corrected chi connectivity index (χ3v) is 3.25. The van der Waals surface area contributed by atoms with E-state index in [1.807, 2.05) is 25.1 Å². The van der Waals surface area contributed by atoms with Crippen molar-refractivity contribution in [3.8, 4) is 11.1 Å². The van der Waals surface area contributed by atoms with Crippen LogP contribution < -0.4 is 5.32 Å². The van der Waals surface area contributed by atoms with Gasteiger partial charge in [0.15, 0.2) is 0 Å². The molecule has 1 aliphatic heterocycles. The van der Waals surface area contributed by atoms with Gasteiger partial charge in [-0.3, -0.25) is 4.79 Å². The van der Waals surface area contributed by atoms with Crippen molar-refractivity contribution in [3.05, 3.63) is 53.3 Å². The predicted octanol–water partition coefficient (Wildman–Crippen LogP) is 3.30. The highest BCUT2D eigenvalue weighted by Gasteiger charge is 2.19. The van der Waals surface area contributed by atoms with Crippen LogP contribution in [0.4, 0.5) is 10.1 Å². The van der Waals surface area contributed by atoms with E-state index in [9.17, 15) is 9.18 Å². The number of carbonyl (C=O) groups is 1. The molecule has 3 heteroatoms. The van der Waals surface area contributed by atoms with Crippen molar-refractivity contribution in [1.82, 2.24) is 0 Å². The van der Waals surface area contributed by atoms with Crippen LogP contribution in [0.3, 0.4) is 0 Å². The van der Waals surface area contributed by atoms with E-state index < -0.39 is 0 Å². The summed E-state index contributed by atoms with van der Waals surface area (Å²) >= 11 is 0. The van der Waals surface area contributed by atoms with Crippen LogP contribution in [-0.2, 0) is 11.2 Å². The molecule has 0 radical (unpaired) electrons. The van der Waals surface area contributed by atoms with Gasteiger partial charge in [-0.2, -0.15) is 0 Å². The fourth-order valence-corrected chi connectivity index (χ4v) is 2.39. The van der Waals surface area contributed by atoms with E-state index in [0.717, 1.165) is 27.9 Å². The van der Waals surface area contributed by atoms with Crippen LogP contribution >= 0.6 is 0 Å². The second-order valence-corrected chi connectivity index (χ2v) is 4.52. The van der Waals surface area contributed by atoms with E-state index >= 15 is 0 Å². The molecular weight excluding hydrogens is 229 g/mol. The van der Waals surface area contributed by atoms with Crippen LogP contribution in [0.25, 0.3) is 11.1 Å². The van der Waals surface area contributed by atoms with Crippen LogP contribution in [0.1, 0.15) is 11.1 Å². The number of amides is 1. The average Bonchev–Trinajstić information content (AvgIpc) is 2.45. The fraction of sp³-hybridized carbons (Fsp3) is 0.133. The highest BCUT2D eigenvalue weighted by molar-refractivity contribution is 6.01. The quantitative estimate of drug-likeness (QED) is 0.753. The van der Waals surface area contributed by atoms with Gasteiger partial charge in [-0.25, -0.2) is 4.39 Å². The van der Waals surface area contributed by atoms with Crippen molar-refractivity contribution >= 4 is 11.6 Å². The van der Waals surface area contributed by atoms with Gasteiger partial charge in [0.1, 0.15) is 5.82 Å². The molecule has 0 saturated carbocycles. The molecule has 0 atom stereocenters. The zero-order valence-corrected chi connectivity index (χ0v) is 9.96. The minimum Gasteiger partial charge on any atom is -0.325 e. The topological polar surface area (TPSA) is 29.1 Å². The van der Waals surface area contributed by atoms with Gasteiger partial charge in [-0.15, -0.1) is 0 Å². The number of hydrogen-bond acceptors (Lipinski definition) is 1. The number of para-hydroxylation sites is 1. The number of nitrogens with one attached hydrogen (secondary N) is 1. The summed E-state index contributed by atoms with van der Waals surface area (Å²) in [6.07, 6.45) is 0.210. The van der Waals surface area contributed by atoms with E-state index in [2.05, 4.69) is 5.32 Å². The summed E-state index contributed by atoms with van der Waals surface area (Å²) in [6, 6.07) is 10.5. The molecule has 2 nitrogen and oxygen atoms in total. The lowest BCUT2D eigenvalue weighted by atomic mass is 9.96. The molecule has 0 aromatic heterocycles. The van der Waals surface area contributed by atoms with Gasteiger partial charge in [0.25, 0.3) is 0 Å². The number of rotatable bonds is 0. The van der Waals surface area contributed by atoms with Crippen LogP contribution in [-0.4, -0.2) is 5.91 Å². The molecule has 2 aromatic rings. The van der Waals surface area contributed by atoms with Crippen molar-refractivity contribution in [3.63, 3.8) is 0 Å². The summed E-state index contributed by atoms with van der Waals surface area (Å²) in [5.74, 6) is -0.410. The Bertz CT molecular complexity index is 649. The van der Waals surface area contributed by atoms with E-state index in [1.54, 1.807) is 6.07 Å². The Hall–Kier alpha value is -2.16. The Morgan fingerprint density at radius 3 is 2.83 bits per heavy atom. The van der Waals surface area contributed by atoms with Gasteiger partial charge in [0.2, 0.25) is 5.91 Å². The number of hydrogen-bond donors (Lipinski definition) is 1. The molecule has 1 amide bonds. The van der Waals surface area contributed by atoms with Crippen LogP contribution in [0.15, 0.2) is 36.4 Å². The molecule has 0 saturated heterocycles. The predicted molar refractivity (Wildman–Crippen MR) is 68.9 cm³/mol. The molecule has 1 N–H and O–H groups in total. The highest BCUT2D eigenvalue weighted by atomic mass is 19.1. The lowest BCUT2D eigenvalue weighted by Crippen LogP contribution is -2.13.